The molecule has 0 saturated heterocycles. The van der Waals surface area contributed by atoms with E-state index in [1.807, 2.05) is 6.92 Å². The minimum absolute atomic E-state index is 0.150. The van der Waals surface area contributed by atoms with E-state index in [0.717, 1.165) is 30.0 Å². The molecule has 6 nitrogen and oxygen atoms in total. The van der Waals surface area contributed by atoms with E-state index in [1.54, 1.807) is 6.07 Å². The number of halogens is 3. The molecule has 26 heavy (non-hydrogen) atoms. The Labute approximate surface area is 149 Å². The Balaban J connectivity index is 1.81. The van der Waals surface area contributed by atoms with Gasteiger partial charge in [-0.15, -0.1) is 11.3 Å². The summed E-state index contributed by atoms with van der Waals surface area (Å²) in [7, 11) is 0. The van der Waals surface area contributed by atoms with E-state index in [2.05, 4.69) is 30.5 Å². The zero-order valence-electron chi connectivity index (χ0n) is 13.3. The van der Waals surface area contributed by atoms with Crippen LogP contribution in [-0.2, 0) is 5.92 Å². The van der Waals surface area contributed by atoms with Crippen molar-refractivity contribution in [1.82, 2.24) is 25.1 Å². The number of nitrogens with one attached hydrogen (secondary N) is 2. The second-order valence-electron chi connectivity index (χ2n) is 5.54. The molecule has 0 aliphatic carbocycles. The lowest BCUT2D eigenvalue weighted by Gasteiger charge is -2.16. The van der Waals surface area contributed by atoms with Crippen LogP contribution < -0.4 is 5.32 Å². The van der Waals surface area contributed by atoms with Crippen LogP contribution in [-0.4, -0.2) is 25.1 Å². The number of rotatable bonds is 4. The van der Waals surface area contributed by atoms with Crippen molar-refractivity contribution in [2.75, 3.05) is 5.32 Å². The minimum Gasteiger partial charge on any atom is -0.322 e. The Morgan fingerprint density at radius 2 is 1.92 bits per heavy atom. The SMILES string of the molecule is Cc1cc(Nc2nc(C(F)(F)c3ccc(F)cc3)nc3ncsc23)n[nH]1. The summed E-state index contributed by atoms with van der Waals surface area (Å²) in [5.41, 5.74) is 2.05. The molecule has 3 aromatic heterocycles. The number of hydrogen-bond donors (Lipinski definition) is 2. The number of aromatic amines is 1. The quantitative estimate of drug-likeness (QED) is 0.560. The third kappa shape index (κ3) is 2.88. The van der Waals surface area contributed by atoms with Crippen molar-refractivity contribution in [1.29, 1.82) is 0 Å². The zero-order chi connectivity index (χ0) is 18.3. The highest BCUT2D eigenvalue weighted by molar-refractivity contribution is 7.17. The van der Waals surface area contributed by atoms with E-state index in [-0.39, 0.29) is 11.5 Å². The molecule has 4 rings (SSSR count). The molecular weight excluding hydrogens is 365 g/mol. The fraction of sp³-hybridized carbons (Fsp3) is 0.125. The molecule has 0 aliphatic heterocycles. The molecule has 0 bridgehead atoms. The first-order valence-corrected chi connectivity index (χ1v) is 8.36. The van der Waals surface area contributed by atoms with Gasteiger partial charge in [0.05, 0.1) is 5.51 Å². The number of aromatic nitrogens is 5. The van der Waals surface area contributed by atoms with Gasteiger partial charge in [0.25, 0.3) is 0 Å². The predicted octanol–water partition coefficient (Wildman–Crippen LogP) is 4.14. The van der Waals surface area contributed by atoms with Gasteiger partial charge in [-0.05, 0) is 31.2 Å². The summed E-state index contributed by atoms with van der Waals surface area (Å²) in [6.07, 6.45) is 0. The number of thiazole rings is 1. The number of fused-ring (bicyclic) bond motifs is 1. The number of anilines is 2. The molecule has 0 radical (unpaired) electrons. The van der Waals surface area contributed by atoms with Gasteiger partial charge >= 0.3 is 5.92 Å². The van der Waals surface area contributed by atoms with Crippen LogP contribution in [0.5, 0.6) is 0 Å². The molecule has 0 saturated carbocycles. The van der Waals surface area contributed by atoms with Gasteiger partial charge in [0.15, 0.2) is 17.3 Å². The number of H-pyrrole nitrogens is 1. The lowest BCUT2D eigenvalue weighted by atomic mass is 10.1. The number of aryl methyl sites for hydroxylation is 1. The molecule has 0 aliphatic rings. The predicted molar refractivity (Wildman–Crippen MR) is 91.2 cm³/mol. The van der Waals surface area contributed by atoms with E-state index in [4.69, 9.17) is 0 Å². The molecule has 0 fully saturated rings. The van der Waals surface area contributed by atoms with Crippen LogP contribution in [0.2, 0.25) is 0 Å². The summed E-state index contributed by atoms with van der Waals surface area (Å²) in [5.74, 6) is -4.22. The molecule has 3 heterocycles. The highest BCUT2D eigenvalue weighted by Crippen LogP contribution is 2.36. The molecule has 0 atom stereocenters. The lowest BCUT2D eigenvalue weighted by Crippen LogP contribution is -2.20. The third-order valence-corrected chi connectivity index (χ3v) is 4.46. The fourth-order valence-electron chi connectivity index (χ4n) is 2.38. The van der Waals surface area contributed by atoms with Crippen molar-refractivity contribution in [2.24, 2.45) is 0 Å². The minimum atomic E-state index is -3.51. The Bertz CT molecular complexity index is 1070. The van der Waals surface area contributed by atoms with Gasteiger partial charge in [0.1, 0.15) is 10.5 Å². The molecule has 0 unspecified atom stereocenters. The maximum atomic E-state index is 14.9. The van der Waals surface area contributed by atoms with Gasteiger partial charge in [-0.1, -0.05) is 0 Å². The van der Waals surface area contributed by atoms with Crippen LogP contribution >= 0.6 is 11.3 Å². The second-order valence-corrected chi connectivity index (χ2v) is 6.40. The third-order valence-electron chi connectivity index (χ3n) is 3.63. The van der Waals surface area contributed by atoms with Crippen molar-refractivity contribution < 1.29 is 13.2 Å². The van der Waals surface area contributed by atoms with Gasteiger partial charge < -0.3 is 5.32 Å². The zero-order valence-corrected chi connectivity index (χ0v) is 14.1. The molecule has 1 aromatic carbocycles. The molecule has 132 valence electrons. The van der Waals surface area contributed by atoms with Crippen molar-refractivity contribution in [2.45, 2.75) is 12.8 Å². The Morgan fingerprint density at radius 1 is 1.15 bits per heavy atom. The van der Waals surface area contributed by atoms with E-state index >= 15 is 0 Å². The van der Waals surface area contributed by atoms with Crippen molar-refractivity contribution in [3.8, 4) is 0 Å². The molecular formula is C16H11F3N6S. The summed E-state index contributed by atoms with van der Waals surface area (Å²) in [6, 6.07) is 5.67. The average molecular weight is 376 g/mol. The van der Waals surface area contributed by atoms with Crippen molar-refractivity contribution >= 4 is 33.3 Å². The highest BCUT2D eigenvalue weighted by atomic mass is 32.1. The summed E-state index contributed by atoms with van der Waals surface area (Å²) in [4.78, 5) is 11.9. The number of nitrogens with zero attached hydrogens (tertiary/aromatic N) is 4. The van der Waals surface area contributed by atoms with Crippen molar-refractivity contribution in [3.63, 3.8) is 0 Å². The molecule has 0 amide bonds. The Kier molecular flexibility index (Phi) is 3.83. The second kappa shape index (κ2) is 6.06. The van der Waals surface area contributed by atoms with Crippen LogP contribution in [0.4, 0.5) is 24.8 Å². The fourth-order valence-corrected chi connectivity index (χ4v) is 3.05. The molecule has 10 heteroatoms. The lowest BCUT2D eigenvalue weighted by molar-refractivity contribution is 0.0332. The average Bonchev–Trinajstić information content (AvgIpc) is 3.24. The summed E-state index contributed by atoms with van der Waals surface area (Å²) < 4.78 is 43.3. The summed E-state index contributed by atoms with van der Waals surface area (Å²) >= 11 is 1.23. The normalized spacial score (nSPS) is 11.8. The first-order valence-electron chi connectivity index (χ1n) is 7.48. The van der Waals surface area contributed by atoms with Crippen LogP contribution in [0.15, 0.2) is 35.8 Å². The summed E-state index contributed by atoms with van der Waals surface area (Å²) in [6.45, 7) is 1.81. The smallest absolute Gasteiger partial charge is 0.322 e. The van der Waals surface area contributed by atoms with Gasteiger partial charge in [-0.2, -0.15) is 13.9 Å². The van der Waals surface area contributed by atoms with Gasteiger partial charge in [-0.3, -0.25) is 5.10 Å². The first-order chi connectivity index (χ1) is 12.4. The molecule has 0 spiro atoms. The van der Waals surface area contributed by atoms with Crippen LogP contribution in [0.25, 0.3) is 10.3 Å². The number of benzene rings is 1. The topological polar surface area (TPSA) is 79.4 Å². The largest absolute Gasteiger partial charge is 0.331 e. The first kappa shape index (κ1) is 16.5. The van der Waals surface area contributed by atoms with E-state index < -0.39 is 23.1 Å². The van der Waals surface area contributed by atoms with E-state index in [0.29, 0.717) is 10.5 Å². The Hall–Kier alpha value is -3.01. The monoisotopic (exact) mass is 376 g/mol. The van der Waals surface area contributed by atoms with Crippen LogP contribution in [0.1, 0.15) is 17.1 Å². The maximum Gasteiger partial charge on any atom is 0.331 e. The van der Waals surface area contributed by atoms with Crippen LogP contribution in [0, 0.1) is 12.7 Å². The Morgan fingerprint density at radius 3 is 2.62 bits per heavy atom. The number of alkyl halides is 2. The highest BCUT2D eigenvalue weighted by Gasteiger charge is 2.38. The van der Waals surface area contributed by atoms with E-state index in [1.165, 1.54) is 16.8 Å². The number of hydrogen-bond acceptors (Lipinski definition) is 6. The van der Waals surface area contributed by atoms with Crippen molar-refractivity contribution in [3.05, 3.63) is 58.7 Å². The van der Waals surface area contributed by atoms with Crippen LogP contribution in [0.3, 0.4) is 0 Å². The maximum absolute atomic E-state index is 14.9. The summed E-state index contributed by atoms with van der Waals surface area (Å²) in [5, 5.41) is 9.69. The molecule has 4 aromatic rings. The van der Waals surface area contributed by atoms with Gasteiger partial charge in [-0.25, -0.2) is 19.3 Å². The van der Waals surface area contributed by atoms with E-state index in [9.17, 15) is 13.2 Å². The molecule has 2 N–H and O–H groups in total. The van der Waals surface area contributed by atoms with Gasteiger partial charge in [0, 0.05) is 17.3 Å². The standard InChI is InChI=1S/C16H11F3N6S/c1-8-6-11(25-24-8)21-14-12-13(20-7-26-12)22-15(23-14)16(18,19)9-2-4-10(17)5-3-9/h2-7H,1H3,(H2,21,22,23,24,25). The van der Waals surface area contributed by atoms with Gasteiger partial charge in [0.2, 0.25) is 5.82 Å².